The standard InChI is InChI=1S/C11H17N3O4/c1-7(2)11(17)12-9-3-4-10(14-13-9)18-6-8(16)5-15/h3-4,7-8,15-16H,5-6H2,1-2H3,(H,12,13,17)/t8-/m1/s1. The molecule has 3 N–H and O–H groups in total. The Kier molecular flexibility index (Phi) is 5.47. The second-order valence-electron chi connectivity index (χ2n) is 4.05. The molecule has 1 atom stereocenters. The zero-order chi connectivity index (χ0) is 13.5. The van der Waals surface area contributed by atoms with Crippen LogP contribution in [0.3, 0.4) is 0 Å². The summed E-state index contributed by atoms with van der Waals surface area (Å²) < 4.78 is 5.07. The molecule has 1 heterocycles. The van der Waals surface area contributed by atoms with Crippen molar-refractivity contribution in [1.29, 1.82) is 0 Å². The van der Waals surface area contributed by atoms with E-state index in [1.807, 2.05) is 0 Å². The van der Waals surface area contributed by atoms with Gasteiger partial charge in [-0.15, -0.1) is 10.2 Å². The van der Waals surface area contributed by atoms with Crippen molar-refractivity contribution in [3.8, 4) is 5.88 Å². The van der Waals surface area contributed by atoms with E-state index < -0.39 is 6.10 Å². The molecular formula is C11H17N3O4. The van der Waals surface area contributed by atoms with Crippen LogP contribution < -0.4 is 10.1 Å². The third kappa shape index (κ3) is 4.64. The lowest BCUT2D eigenvalue weighted by atomic mass is 10.2. The average molecular weight is 255 g/mol. The van der Waals surface area contributed by atoms with E-state index in [9.17, 15) is 4.79 Å². The minimum absolute atomic E-state index is 0.0666. The summed E-state index contributed by atoms with van der Waals surface area (Å²) in [4.78, 5) is 11.4. The summed E-state index contributed by atoms with van der Waals surface area (Å²) in [5, 5.41) is 27.7. The Morgan fingerprint density at radius 2 is 2.17 bits per heavy atom. The number of hydrogen-bond donors (Lipinski definition) is 3. The minimum Gasteiger partial charge on any atom is -0.474 e. The molecule has 1 rings (SSSR count). The summed E-state index contributed by atoms with van der Waals surface area (Å²) in [5.41, 5.74) is 0. The molecule has 1 aromatic heterocycles. The highest BCUT2D eigenvalue weighted by molar-refractivity contribution is 5.91. The quantitative estimate of drug-likeness (QED) is 0.650. The van der Waals surface area contributed by atoms with Gasteiger partial charge in [-0.2, -0.15) is 0 Å². The summed E-state index contributed by atoms with van der Waals surface area (Å²) in [6.45, 7) is 3.10. The lowest BCUT2D eigenvalue weighted by Gasteiger charge is -2.09. The van der Waals surface area contributed by atoms with Gasteiger partial charge in [-0.1, -0.05) is 13.8 Å². The summed E-state index contributed by atoms with van der Waals surface area (Å²) in [7, 11) is 0. The number of anilines is 1. The monoisotopic (exact) mass is 255 g/mol. The molecule has 0 fully saturated rings. The fraction of sp³-hybridized carbons (Fsp3) is 0.545. The SMILES string of the molecule is CC(C)C(=O)Nc1ccc(OC[C@H](O)CO)nn1. The van der Waals surface area contributed by atoms with Gasteiger partial charge >= 0.3 is 0 Å². The molecule has 0 radical (unpaired) electrons. The van der Waals surface area contributed by atoms with Gasteiger partial charge in [-0.05, 0) is 6.07 Å². The van der Waals surface area contributed by atoms with Crippen LogP contribution in [0, 0.1) is 5.92 Å². The fourth-order valence-electron chi connectivity index (χ4n) is 0.969. The normalized spacial score (nSPS) is 12.3. The zero-order valence-corrected chi connectivity index (χ0v) is 10.3. The lowest BCUT2D eigenvalue weighted by molar-refractivity contribution is -0.118. The van der Waals surface area contributed by atoms with Gasteiger partial charge in [0.25, 0.3) is 0 Å². The van der Waals surface area contributed by atoms with Crippen LogP contribution in [-0.2, 0) is 4.79 Å². The number of nitrogens with one attached hydrogen (secondary N) is 1. The zero-order valence-electron chi connectivity index (χ0n) is 10.3. The topological polar surface area (TPSA) is 105 Å². The number of hydrogen-bond acceptors (Lipinski definition) is 6. The van der Waals surface area contributed by atoms with E-state index in [2.05, 4.69) is 15.5 Å². The number of ether oxygens (including phenoxy) is 1. The maximum atomic E-state index is 11.4. The fourth-order valence-corrected chi connectivity index (χ4v) is 0.969. The average Bonchev–Trinajstić information content (AvgIpc) is 2.37. The van der Waals surface area contributed by atoms with Crippen LogP contribution in [-0.4, -0.2) is 45.6 Å². The van der Waals surface area contributed by atoms with Gasteiger partial charge in [-0.3, -0.25) is 4.79 Å². The summed E-state index contributed by atoms with van der Waals surface area (Å²) in [6.07, 6.45) is -0.952. The summed E-state index contributed by atoms with van der Waals surface area (Å²) in [6, 6.07) is 3.07. The van der Waals surface area contributed by atoms with Crippen LogP contribution >= 0.6 is 0 Å². The molecule has 0 aliphatic carbocycles. The van der Waals surface area contributed by atoms with E-state index in [0.717, 1.165) is 0 Å². The van der Waals surface area contributed by atoms with Crippen molar-refractivity contribution in [3.63, 3.8) is 0 Å². The van der Waals surface area contributed by atoms with Gasteiger partial charge in [0.1, 0.15) is 12.7 Å². The van der Waals surface area contributed by atoms with Crippen LogP contribution in [0.15, 0.2) is 12.1 Å². The van der Waals surface area contributed by atoms with Gasteiger partial charge in [-0.25, -0.2) is 0 Å². The van der Waals surface area contributed by atoms with Gasteiger partial charge in [0.15, 0.2) is 5.82 Å². The molecule has 0 aliphatic rings. The first kappa shape index (κ1) is 14.3. The number of amides is 1. The highest BCUT2D eigenvalue weighted by Crippen LogP contribution is 2.09. The molecule has 0 bridgehead atoms. The third-order valence-electron chi connectivity index (χ3n) is 2.05. The van der Waals surface area contributed by atoms with Crippen molar-refractivity contribution < 1.29 is 19.7 Å². The Hall–Kier alpha value is -1.73. The van der Waals surface area contributed by atoms with E-state index in [-0.39, 0.29) is 30.9 Å². The highest BCUT2D eigenvalue weighted by atomic mass is 16.5. The second kappa shape index (κ2) is 6.87. The predicted octanol–water partition coefficient (Wildman–Crippen LogP) is -0.197. The summed E-state index contributed by atoms with van der Waals surface area (Å²) in [5.74, 6) is 0.268. The Balaban J connectivity index is 2.50. The van der Waals surface area contributed by atoms with Crippen molar-refractivity contribution in [3.05, 3.63) is 12.1 Å². The molecule has 7 heteroatoms. The molecule has 18 heavy (non-hydrogen) atoms. The van der Waals surface area contributed by atoms with E-state index in [1.165, 1.54) is 6.07 Å². The number of aromatic nitrogens is 2. The van der Waals surface area contributed by atoms with Crippen LogP contribution in [0.25, 0.3) is 0 Å². The highest BCUT2D eigenvalue weighted by Gasteiger charge is 2.09. The van der Waals surface area contributed by atoms with Crippen LogP contribution in [0.5, 0.6) is 5.88 Å². The Morgan fingerprint density at radius 1 is 1.44 bits per heavy atom. The number of nitrogens with zero attached hydrogens (tertiary/aromatic N) is 2. The molecule has 1 aromatic rings. The Bertz CT molecular complexity index is 380. The van der Waals surface area contributed by atoms with E-state index >= 15 is 0 Å². The maximum Gasteiger partial charge on any atom is 0.233 e. The molecule has 0 unspecified atom stereocenters. The van der Waals surface area contributed by atoms with E-state index in [1.54, 1.807) is 19.9 Å². The predicted molar refractivity (Wildman–Crippen MR) is 64.1 cm³/mol. The van der Waals surface area contributed by atoms with Crippen molar-refractivity contribution in [2.24, 2.45) is 5.92 Å². The number of carbonyl (C=O) groups is 1. The number of aliphatic hydroxyl groups is 2. The first-order valence-corrected chi connectivity index (χ1v) is 5.59. The van der Waals surface area contributed by atoms with Crippen molar-refractivity contribution >= 4 is 11.7 Å². The molecule has 7 nitrogen and oxygen atoms in total. The molecule has 0 aliphatic heterocycles. The summed E-state index contributed by atoms with van der Waals surface area (Å²) >= 11 is 0. The number of aliphatic hydroxyl groups excluding tert-OH is 2. The van der Waals surface area contributed by atoms with Gasteiger partial charge < -0.3 is 20.3 Å². The smallest absolute Gasteiger partial charge is 0.233 e. The second-order valence-corrected chi connectivity index (χ2v) is 4.05. The van der Waals surface area contributed by atoms with Crippen molar-refractivity contribution in [2.45, 2.75) is 20.0 Å². The number of carbonyl (C=O) groups excluding carboxylic acids is 1. The maximum absolute atomic E-state index is 11.4. The van der Waals surface area contributed by atoms with E-state index in [0.29, 0.717) is 5.82 Å². The van der Waals surface area contributed by atoms with Crippen molar-refractivity contribution in [2.75, 3.05) is 18.5 Å². The van der Waals surface area contributed by atoms with Crippen LogP contribution in [0.1, 0.15) is 13.8 Å². The van der Waals surface area contributed by atoms with E-state index in [4.69, 9.17) is 14.9 Å². The molecule has 0 saturated heterocycles. The largest absolute Gasteiger partial charge is 0.474 e. The third-order valence-corrected chi connectivity index (χ3v) is 2.05. The molecule has 0 saturated carbocycles. The first-order valence-electron chi connectivity index (χ1n) is 5.59. The molecule has 0 spiro atoms. The molecule has 0 aromatic carbocycles. The number of rotatable bonds is 6. The van der Waals surface area contributed by atoms with Gasteiger partial charge in [0.05, 0.1) is 6.61 Å². The van der Waals surface area contributed by atoms with Crippen LogP contribution in [0.4, 0.5) is 5.82 Å². The molecule has 1 amide bonds. The van der Waals surface area contributed by atoms with Gasteiger partial charge in [0, 0.05) is 12.0 Å². The molecule has 100 valence electrons. The Morgan fingerprint density at radius 3 is 2.67 bits per heavy atom. The van der Waals surface area contributed by atoms with Gasteiger partial charge in [0.2, 0.25) is 11.8 Å². The van der Waals surface area contributed by atoms with Crippen LogP contribution in [0.2, 0.25) is 0 Å². The Labute approximate surface area is 105 Å². The van der Waals surface area contributed by atoms with Crippen molar-refractivity contribution in [1.82, 2.24) is 10.2 Å². The first-order chi connectivity index (χ1) is 8.52. The molecular weight excluding hydrogens is 238 g/mol. The lowest BCUT2D eigenvalue weighted by Crippen LogP contribution is -2.22. The minimum atomic E-state index is -0.952.